The first-order valence-corrected chi connectivity index (χ1v) is 4.15. The number of hydrogen-bond donors (Lipinski definition) is 0. The van der Waals surface area contributed by atoms with Crippen molar-refractivity contribution in [3.63, 3.8) is 0 Å². The number of rotatable bonds is 1. The molecule has 0 amide bonds. The number of hydrogen-bond acceptors (Lipinski definition) is 2. The molecule has 2 heteroatoms. The maximum Gasteiger partial charge on any atom is 0.0438 e. The normalized spacial score (nSPS) is 7.89. The Morgan fingerprint density at radius 1 is 1.56 bits per heavy atom. The van der Waals surface area contributed by atoms with Crippen LogP contribution in [0, 0.1) is 0 Å². The van der Waals surface area contributed by atoms with Gasteiger partial charge >= 0.3 is 0 Å². The predicted molar refractivity (Wildman–Crippen MR) is 42.8 cm³/mol. The monoisotopic (exact) mass is 143 g/mol. The molecule has 0 spiro atoms. The SMILES string of the molecule is CC.CCc1cnsc1. The molecule has 52 valence electrons. The lowest BCUT2D eigenvalue weighted by atomic mass is 10.3. The van der Waals surface area contributed by atoms with Crippen LogP contribution in [0.25, 0.3) is 0 Å². The molecule has 1 heterocycles. The highest BCUT2D eigenvalue weighted by Gasteiger charge is 1.83. The van der Waals surface area contributed by atoms with E-state index in [2.05, 4.69) is 16.7 Å². The Bertz CT molecular complexity index is 123. The topological polar surface area (TPSA) is 12.9 Å². The van der Waals surface area contributed by atoms with Gasteiger partial charge in [-0.2, -0.15) is 0 Å². The molecule has 0 N–H and O–H groups in total. The molecule has 9 heavy (non-hydrogen) atoms. The standard InChI is InChI=1S/C5H7NS.C2H6/c1-2-5-3-6-7-4-5;1-2/h3-4H,2H2,1H3;1-2H3. The fourth-order valence-corrected chi connectivity index (χ4v) is 1.02. The lowest BCUT2D eigenvalue weighted by Crippen LogP contribution is -1.67. The van der Waals surface area contributed by atoms with Crippen LogP contribution >= 0.6 is 11.5 Å². The molecular formula is C7H13NS. The second-order valence-electron chi connectivity index (χ2n) is 1.39. The zero-order valence-corrected chi connectivity index (χ0v) is 7.03. The summed E-state index contributed by atoms with van der Waals surface area (Å²) in [6, 6.07) is 0. The third-order valence-corrected chi connectivity index (χ3v) is 1.53. The summed E-state index contributed by atoms with van der Waals surface area (Å²) >= 11 is 1.51. The molecule has 0 radical (unpaired) electrons. The maximum atomic E-state index is 3.93. The van der Waals surface area contributed by atoms with Crippen molar-refractivity contribution in [2.24, 2.45) is 0 Å². The van der Waals surface area contributed by atoms with Crippen molar-refractivity contribution in [3.8, 4) is 0 Å². The highest BCUT2D eigenvalue weighted by Crippen LogP contribution is 2.00. The van der Waals surface area contributed by atoms with Crippen LogP contribution in [0.15, 0.2) is 11.6 Å². The Hall–Kier alpha value is -0.370. The molecule has 1 nitrogen and oxygen atoms in total. The lowest BCUT2D eigenvalue weighted by molar-refractivity contribution is 1.14. The molecule has 0 saturated heterocycles. The minimum atomic E-state index is 1.11. The molecule has 1 aromatic rings. The van der Waals surface area contributed by atoms with E-state index in [0.717, 1.165) is 6.42 Å². The quantitative estimate of drug-likeness (QED) is 0.589. The van der Waals surface area contributed by atoms with Crippen molar-refractivity contribution in [1.29, 1.82) is 0 Å². The smallest absolute Gasteiger partial charge is 0.0438 e. The van der Waals surface area contributed by atoms with E-state index in [4.69, 9.17) is 0 Å². The van der Waals surface area contributed by atoms with Crippen molar-refractivity contribution in [2.45, 2.75) is 27.2 Å². The van der Waals surface area contributed by atoms with Gasteiger partial charge in [-0.3, -0.25) is 0 Å². The van der Waals surface area contributed by atoms with E-state index in [9.17, 15) is 0 Å². The Morgan fingerprint density at radius 2 is 2.22 bits per heavy atom. The van der Waals surface area contributed by atoms with Crippen molar-refractivity contribution in [3.05, 3.63) is 17.1 Å². The van der Waals surface area contributed by atoms with Crippen LogP contribution < -0.4 is 0 Å². The van der Waals surface area contributed by atoms with Gasteiger partial charge in [0.15, 0.2) is 0 Å². The van der Waals surface area contributed by atoms with Crippen LogP contribution in [0.5, 0.6) is 0 Å². The lowest BCUT2D eigenvalue weighted by Gasteiger charge is -1.76. The van der Waals surface area contributed by atoms with E-state index in [-0.39, 0.29) is 0 Å². The van der Waals surface area contributed by atoms with Gasteiger partial charge in [-0.25, -0.2) is 4.37 Å². The first-order chi connectivity index (χ1) is 4.43. The summed E-state index contributed by atoms with van der Waals surface area (Å²) in [6.07, 6.45) is 3.02. The van der Waals surface area contributed by atoms with Crippen LogP contribution in [0.2, 0.25) is 0 Å². The summed E-state index contributed by atoms with van der Waals surface area (Å²) in [5.74, 6) is 0. The van der Waals surface area contributed by atoms with Gasteiger partial charge < -0.3 is 0 Å². The van der Waals surface area contributed by atoms with Gasteiger partial charge in [0.25, 0.3) is 0 Å². The number of nitrogens with zero attached hydrogens (tertiary/aromatic N) is 1. The third kappa shape index (κ3) is 3.25. The highest BCUT2D eigenvalue weighted by atomic mass is 32.1. The molecule has 0 fully saturated rings. The maximum absolute atomic E-state index is 3.93. The Balaban J connectivity index is 0.000000291. The van der Waals surface area contributed by atoms with Crippen molar-refractivity contribution < 1.29 is 0 Å². The fraction of sp³-hybridized carbons (Fsp3) is 0.571. The molecule has 0 aromatic carbocycles. The Morgan fingerprint density at radius 3 is 2.44 bits per heavy atom. The van der Waals surface area contributed by atoms with E-state index in [1.807, 2.05) is 20.0 Å². The van der Waals surface area contributed by atoms with Gasteiger partial charge in [0, 0.05) is 11.6 Å². The van der Waals surface area contributed by atoms with Gasteiger partial charge in [0.1, 0.15) is 0 Å². The summed E-state index contributed by atoms with van der Waals surface area (Å²) in [7, 11) is 0. The van der Waals surface area contributed by atoms with Crippen molar-refractivity contribution in [1.82, 2.24) is 4.37 Å². The van der Waals surface area contributed by atoms with E-state index >= 15 is 0 Å². The molecule has 0 atom stereocenters. The average molecular weight is 143 g/mol. The molecule has 0 saturated carbocycles. The minimum Gasteiger partial charge on any atom is -0.201 e. The van der Waals surface area contributed by atoms with Crippen molar-refractivity contribution in [2.75, 3.05) is 0 Å². The third-order valence-electron chi connectivity index (χ3n) is 0.892. The molecular weight excluding hydrogens is 130 g/mol. The zero-order chi connectivity index (χ0) is 7.11. The van der Waals surface area contributed by atoms with E-state index in [0.29, 0.717) is 0 Å². The van der Waals surface area contributed by atoms with Gasteiger partial charge in [-0.1, -0.05) is 20.8 Å². The molecule has 0 aliphatic heterocycles. The van der Waals surface area contributed by atoms with Gasteiger partial charge in [-0.15, -0.1) is 0 Å². The minimum absolute atomic E-state index is 1.11. The van der Waals surface area contributed by atoms with Crippen LogP contribution in [0.1, 0.15) is 26.3 Å². The average Bonchev–Trinajstić information content (AvgIpc) is 2.43. The van der Waals surface area contributed by atoms with Crippen molar-refractivity contribution >= 4 is 11.5 Å². The van der Waals surface area contributed by atoms with Crippen LogP contribution in [0.4, 0.5) is 0 Å². The molecule has 1 rings (SSSR count). The number of aryl methyl sites for hydroxylation is 1. The van der Waals surface area contributed by atoms with Crippen LogP contribution in [-0.2, 0) is 6.42 Å². The molecule has 0 aliphatic rings. The molecule has 0 bridgehead atoms. The van der Waals surface area contributed by atoms with E-state index in [1.165, 1.54) is 17.1 Å². The van der Waals surface area contributed by atoms with E-state index in [1.54, 1.807) is 0 Å². The van der Waals surface area contributed by atoms with E-state index < -0.39 is 0 Å². The number of aromatic nitrogens is 1. The second kappa shape index (κ2) is 5.76. The van der Waals surface area contributed by atoms with Gasteiger partial charge in [0.05, 0.1) is 0 Å². The summed E-state index contributed by atoms with van der Waals surface area (Å²) in [6.45, 7) is 6.13. The summed E-state index contributed by atoms with van der Waals surface area (Å²) in [5.41, 5.74) is 1.34. The molecule has 0 unspecified atom stereocenters. The van der Waals surface area contributed by atoms with Crippen LogP contribution in [-0.4, -0.2) is 4.37 Å². The van der Waals surface area contributed by atoms with Gasteiger partial charge in [-0.05, 0) is 23.5 Å². The Labute approximate surface area is 60.9 Å². The van der Waals surface area contributed by atoms with Gasteiger partial charge in [0.2, 0.25) is 0 Å². The molecule has 1 aromatic heterocycles. The summed E-state index contributed by atoms with van der Waals surface area (Å²) in [5, 5.41) is 2.07. The largest absolute Gasteiger partial charge is 0.201 e. The predicted octanol–water partition coefficient (Wildman–Crippen LogP) is 2.73. The first-order valence-electron chi connectivity index (χ1n) is 3.31. The summed E-state index contributed by atoms with van der Waals surface area (Å²) < 4.78 is 3.93. The summed E-state index contributed by atoms with van der Waals surface area (Å²) in [4.78, 5) is 0. The Kier molecular flexibility index (Phi) is 5.52. The molecule has 0 aliphatic carbocycles. The second-order valence-corrected chi connectivity index (χ2v) is 2.04. The highest BCUT2D eigenvalue weighted by molar-refractivity contribution is 7.03. The first kappa shape index (κ1) is 8.63. The van der Waals surface area contributed by atoms with Crippen LogP contribution in [0.3, 0.4) is 0 Å². The zero-order valence-electron chi connectivity index (χ0n) is 6.22. The fourth-order valence-electron chi connectivity index (χ4n) is 0.401.